The van der Waals surface area contributed by atoms with Gasteiger partial charge in [0.25, 0.3) is 0 Å². The Labute approximate surface area is 110 Å². The SMILES string of the molecule is CCNc1cccc(N2CCNC(=O)C2)c1[N+](=O)[O-]. The highest BCUT2D eigenvalue weighted by Crippen LogP contribution is 2.35. The van der Waals surface area contributed by atoms with Gasteiger partial charge in [-0.05, 0) is 19.1 Å². The van der Waals surface area contributed by atoms with Crippen molar-refractivity contribution >= 4 is 23.0 Å². The first-order valence-corrected chi connectivity index (χ1v) is 6.16. The molecule has 0 spiro atoms. The van der Waals surface area contributed by atoms with Crippen molar-refractivity contribution in [1.29, 1.82) is 0 Å². The van der Waals surface area contributed by atoms with Crippen LogP contribution in [0.25, 0.3) is 0 Å². The van der Waals surface area contributed by atoms with Crippen LogP contribution in [0, 0.1) is 10.1 Å². The van der Waals surface area contributed by atoms with Crippen LogP contribution in [0.1, 0.15) is 6.92 Å². The van der Waals surface area contributed by atoms with Gasteiger partial charge in [0, 0.05) is 19.6 Å². The van der Waals surface area contributed by atoms with Crippen LogP contribution in [0.3, 0.4) is 0 Å². The molecule has 1 aromatic carbocycles. The first-order valence-electron chi connectivity index (χ1n) is 6.16. The number of benzene rings is 1. The van der Waals surface area contributed by atoms with Crippen molar-refractivity contribution in [3.63, 3.8) is 0 Å². The number of hydrogen-bond acceptors (Lipinski definition) is 5. The molecule has 1 saturated heterocycles. The molecule has 2 rings (SSSR count). The Balaban J connectivity index is 2.40. The van der Waals surface area contributed by atoms with E-state index < -0.39 is 4.92 Å². The predicted molar refractivity (Wildman–Crippen MR) is 72.5 cm³/mol. The maximum Gasteiger partial charge on any atom is 0.315 e. The molecular weight excluding hydrogens is 248 g/mol. The summed E-state index contributed by atoms with van der Waals surface area (Å²) < 4.78 is 0. The lowest BCUT2D eigenvalue weighted by Crippen LogP contribution is -2.47. The largest absolute Gasteiger partial charge is 0.380 e. The standard InChI is InChI=1S/C12H16N4O3/c1-2-13-9-4-3-5-10(12(9)16(18)19)15-7-6-14-11(17)8-15/h3-5,13H,2,6-8H2,1H3,(H,14,17). The third-order valence-electron chi connectivity index (χ3n) is 2.94. The van der Waals surface area contributed by atoms with Crippen molar-refractivity contribution in [3.8, 4) is 0 Å². The summed E-state index contributed by atoms with van der Waals surface area (Å²) >= 11 is 0. The van der Waals surface area contributed by atoms with Crippen molar-refractivity contribution < 1.29 is 9.72 Å². The van der Waals surface area contributed by atoms with Crippen molar-refractivity contribution in [2.24, 2.45) is 0 Å². The molecule has 0 unspecified atom stereocenters. The average molecular weight is 264 g/mol. The van der Waals surface area contributed by atoms with Gasteiger partial charge in [-0.3, -0.25) is 14.9 Å². The molecule has 7 nitrogen and oxygen atoms in total. The molecule has 1 fully saturated rings. The zero-order chi connectivity index (χ0) is 13.8. The molecule has 0 radical (unpaired) electrons. The number of para-hydroxylation sites is 1. The van der Waals surface area contributed by atoms with Crippen molar-refractivity contribution in [2.75, 3.05) is 36.4 Å². The second-order valence-electron chi connectivity index (χ2n) is 4.23. The number of nitro groups is 1. The van der Waals surface area contributed by atoms with E-state index in [4.69, 9.17) is 0 Å². The van der Waals surface area contributed by atoms with Gasteiger partial charge in [0.05, 0.1) is 11.5 Å². The first-order chi connectivity index (χ1) is 9.13. The van der Waals surface area contributed by atoms with Gasteiger partial charge in [0.1, 0.15) is 11.4 Å². The zero-order valence-corrected chi connectivity index (χ0v) is 10.7. The second-order valence-corrected chi connectivity index (χ2v) is 4.23. The van der Waals surface area contributed by atoms with E-state index >= 15 is 0 Å². The lowest BCUT2D eigenvalue weighted by atomic mass is 10.2. The number of carbonyl (C=O) groups excluding carboxylic acids is 1. The molecule has 1 aliphatic heterocycles. The van der Waals surface area contributed by atoms with Crippen LogP contribution in [-0.4, -0.2) is 37.0 Å². The van der Waals surface area contributed by atoms with Crippen molar-refractivity contribution in [1.82, 2.24) is 5.32 Å². The van der Waals surface area contributed by atoms with E-state index in [-0.39, 0.29) is 18.1 Å². The molecule has 102 valence electrons. The predicted octanol–water partition coefficient (Wildman–Crippen LogP) is 0.963. The van der Waals surface area contributed by atoms with Crippen molar-refractivity contribution in [3.05, 3.63) is 28.3 Å². The lowest BCUT2D eigenvalue weighted by Gasteiger charge is -2.28. The summed E-state index contributed by atoms with van der Waals surface area (Å²) in [5.41, 5.74) is 0.994. The highest BCUT2D eigenvalue weighted by atomic mass is 16.6. The summed E-state index contributed by atoms with van der Waals surface area (Å²) in [6.45, 7) is 3.70. The number of nitrogens with zero attached hydrogens (tertiary/aromatic N) is 2. The fraction of sp³-hybridized carbons (Fsp3) is 0.417. The second kappa shape index (κ2) is 5.55. The molecule has 0 saturated carbocycles. The minimum atomic E-state index is -0.403. The van der Waals surface area contributed by atoms with Crippen LogP contribution in [0.4, 0.5) is 17.1 Å². The Morgan fingerprint density at radius 3 is 2.95 bits per heavy atom. The summed E-state index contributed by atoms with van der Waals surface area (Å²) in [4.78, 5) is 24.0. The third-order valence-corrected chi connectivity index (χ3v) is 2.94. The van der Waals surface area contributed by atoms with Crippen LogP contribution >= 0.6 is 0 Å². The maximum atomic E-state index is 11.4. The molecule has 2 N–H and O–H groups in total. The highest BCUT2D eigenvalue weighted by Gasteiger charge is 2.26. The molecule has 0 aromatic heterocycles. The molecule has 0 bridgehead atoms. The van der Waals surface area contributed by atoms with Crippen molar-refractivity contribution in [2.45, 2.75) is 6.92 Å². The third kappa shape index (κ3) is 2.75. The minimum Gasteiger partial charge on any atom is -0.380 e. The van der Waals surface area contributed by atoms with E-state index in [9.17, 15) is 14.9 Å². The van der Waals surface area contributed by atoms with Gasteiger partial charge < -0.3 is 15.5 Å². The fourth-order valence-electron chi connectivity index (χ4n) is 2.16. The van der Waals surface area contributed by atoms with Gasteiger partial charge in [-0.1, -0.05) is 6.07 Å². The van der Waals surface area contributed by atoms with E-state index in [1.165, 1.54) is 0 Å². The Morgan fingerprint density at radius 2 is 2.32 bits per heavy atom. The summed E-state index contributed by atoms with van der Waals surface area (Å²) in [6, 6.07) is 5.11. The molecule has 1 aliphatic rings. The number of nitrogens with one attached hydrogen (secondary N) is 2. The van der Waals surface area contributed by atoms with E-state index in [1.807, 2.05) is 6.92 Å². The average Bonchev–Trinajstić information content (AvgIpc) is 2.38. The quantitative estimate of drug-likeness (QED) is 0.625. The van der Waals surface area contributed by atoms with Gasteiger partial charge >= 0.3 is 5.69 Å². The zero-order valence-electron chi connectivity index (χ0n) is 10.7. The summed E-state index contributed by atoms with van der Waals surface area (Å²) in [6.07, 6.45) is 0. The van der Waals surface area contributed by atoms with E-state index in [0.29, 0.717) is 31.0 Å². The van der Waals surface area contributed by atoms with Gasteiger partial charge in [0.15, 0.2) is 0 Å². The van der Waals surface area contributed by atoms with Crippen LogP contribution in [0.15, 0.2) is 18.2 Å². The number of hydrogen-bond donors (Lipinski definition) is 2. The van der Waals surface area contributed by atoms with Gasteiger partial charge in [-0.2, -0.15) is 0 Å². The van der Waals surface area contributed by atoms with E-state index in [2.05, 4.69) is 10.6 Å². The molecule has 1 amide bonds. The van der Waals surface area contributed by atoms with E-state index in [0.717, 1.165) is 0 Å². The summed E-state index contributed by atoms with van der Waals surface area (Å²) in [7, 11) is 0. The van der Waals surface area contributed by atoms with Crippen LogP contribution in [0.2, 0.25) is 0 Å². The maximum absolute atomic E-state index is 11.4. The van der Waals surface area contributed by atoms with Crippen LogP contribution in [0.5, 0.6) is 0 Å². The Kier molecular flexibility index (Phi) is 3.84. The molecular formula is C12H16N4O3. The smallest absolute Gasteiger partial charge is 0.315 e. The normalized spacial score (nSPS) is 15.0. The van der Waals surface area contributed by atoms with Gasteiger partial charge in [0.2, 0.25) is 5.91 Å². The first kappa shape index (κ1) is 13.1. The molecule has 0 aliphatic carbocycles. The topological polar surface area (TPSA) is 87.5 Å². The Morgan fingerprint density at radius 1 is 1.53 bits per heavy atom. The lowest BCUT2D eigenvalue weighted by molar-refractivity contribution is -0.383. The van der Waals surface area contributed by atoms with Gasteiger partial charge in [-0.25, -0.2) is 0 Å². The summed E-state index contributed by atoms with van der Waals surface area (Å²) in [5.74, 6) is -0.116. The molecule has 7 heteroatoms. The number of anilines is 2. The van der Waals surface area contributed by atoms with E-state index in [1.54, 1.807) is 23.1 Å². The highest BCUT2D eigenvalue weighted by molar-refractivity contribution is 5.86. The van der Waals surface area contributed by atoms with Gasteiger partial charge in [-0.15, -0.1) is 0 Å². The number of nitro benzene ring substituents is 1. The minimum absolute atomic E-state index is 0.0269. The van der Waals surface area contributed by atoms with Crippen LogP contribution in [-0.2, 0) is 4.79 Å². The monoisotopic (exact) mass is 264 g/mol. The molecule has 19 heavy (non-hydrogen) atoms. The summed E-state index contributed by atoms with van der Waals surface area (Å²) in [5, 5.41) is 17.0. The van der Waals surface area contributed by atoms with Crippen LogP contribution < -0.4 is 15.5 Å². The number of amides is 1. The number of piperazine rings is 1. The molecule has 0 atom stereocenters. The molecule has 1 aromatic rings. The molecule has 1 heterocycles. The Bertz CT molecular complexity index is 504. The fourth-order valence-corrected chi connectivity index (χ4v) is 2.16. The Hall–Kier alpha value is -2.31. The number of rotatable bonds is 4. The number of carbonyl (C=O) groups is 1.